The van der Waals surface area contributed by atoms with Gasteiger partial charge in [-0.05, 0) is 36.1 Å². The topological polar surface area (TPSA) is 0 Å². The van der Waals surface area contributed by atoms with Gasteiger partial charge in [0, 0.05) is 5.92 Å². The van der Waals surface area contributed by atoms with Crippen molar-refractivity contribution in [1.29, 1.82) is 0 Å². The van der Waals surface area contributed by atoms with Crippen molar-refractivity contribution >= 4 is 6.08 Å². The molecule has 1 aromatic carbocycles. The summed E-state index contributed by atoms with van der Waals surface area (Å²) in [4.78, 5) is 0. The minimum Gasteiger partial charge on any atom is -0.0720 e. The fourth-order valence-corrected chi connectivity index (χ4v) is 2.68. The van der Waals surface area contributed by atoms with Crippen molar-refractivity contribution in [2.75, 3.05) is 0 Å². The Morgan fingerprint density at radius 3 is 2.71 bits per heavy atom. The Labute approximate surface area is 103 Å². The zero-order chi connectivity index (χ0) is 11.8. The van der Waals surface area contributed by atoms with Crippen molar-refractivity contribution in [3.63, 3.8) is 0 Å². The summed E-state index contributed by atoms with van der Waals surface area (Å²) < 4.78 is 0. The van der Waals surface area contributed by atoms with Gasteiger partial charge in [0.1, 0.15) is 0 Å². The second-order valence-corrected chi connectivity index (χ2v) is 4.86. The van der Waals surface area contributed by atoms with Crippen molar-refractivity contribution in [3.05, 3.63) is 76.4 Å². The van der Waals surface area contributed by atoms with Gasteiger partial charge in [-0.1, -0.05) is 60.2 Å². The lowest BCUT2D eigenvalue weighted by Gasteiger charge is -2.15. The molecule has 17 heavy (non-hydrogen) atoms. The number of hydrogen-bond acceptors (Lipinski definition) is 0. The highest BCUT2D eigenvalue weighted by Crippen LogP contribution is 2.41. The van der Waals surface area contributed by atoms with Crippen molar-refractivity contribution in [3.8, 4) is 0 Å². The van der Waals surface area contributed by atoms with Gasteiger partial charge in [0.2, 0.25) is 0 Å². The van der Waals surface area contributed by atoms with E-state index in [2.05, 4.69) is 68.5 Å². The van der Waals surface area contributed by atoms with Gasteiger partial charge < -0.3 is 0 Å². The molecule has 0 nitrogen and oxygen atoms in total. The summed E-state index contributed by atoms with van der Waals surface area (Å²) in [6.07, 6.45) is 11.2. The van der Waals surface area contributed by atoms with Crippen LogP contribution in [0.1, 0.15) is 30.9 Å². The lowest BCUT2D eigenvalue weighted by molar-refractivity contribution is 1.03. The van der Waals surface area contributed by atoms with Crippen LogP contribution in [0.2, 0.25) is 0 Å². The highest BCUT2D eigenvalue weighted by atomic mass is 14.3. The normalized spacial score (nSPS) is 20.7. The molecular formula is C17H16. The molecule has 1 unspecified atom stereocenters. The fraction of sp³-hybridized carbons (Fsp3) is 0.176. The molecule has 0 aromatic heterocycles. The van der Waals surface area contributed by atoms with E-state index < -0.39 is 0 Å². The van der Waals surface area contributed by atoms with Crippen LogP contribution < -0.4 is 0 Å². The molecular weight excluding hydrogens is 204 g/mol. The maximum Gasteiger partial charge on any atom is 0.0284 e. The van der Waals surface area contributed by atoms with Gasteiger partial charge in [0.15, 0.2) is 0 Å². The molecule has 1 aromatic rings. The standard InChI is InChI=1S/C17H16/c1-12(2)14-8-5-9-16(14)17-11-10-13-6-3-4-7-15(13)17/h3-11,17H,1-2H3. The summed E-state index contributed by atoms with van der Waals surface area (Å²) >= 11 is 0. The molecule has 1 atom stereocenters. The predicted octanol–water partition coefficient (Wildman–Crippen LogP) is 4.63. The molecule has 0 saturated carbocycles. The first-order valence-corrected chi connectivity index (χ1v) is 6.10. The van der Waals surface area contributed by atoms with Gasteiger partial charge in [0.25, 0.3) is 0 Å². The van der Waals surface area contributed by atoms with Gasteiger partial charge in [-0.15, -0.1) is 0 Å². The van der Waals surface area contributed by atoms with Crippen molar-refractivity contribution in [2.24, 2.45) is 0 Å². The molecule has 0 aliphatic heterocycles. The van der Waals surface area contributed by atoms with E-state index in [1.54, 1.807) is 0 Å². The number of benzene rings is 1. The van der Waals surface area contributed by atoms with Gasteiger partial charge in [-0.25, -0.2) is 0 Å². The largest absolute Gasteiger partial charge is 0.0720 e. The van der Waals surface area contributed by atoms with E-state index in [0.717, 1.165) is 0 Å². The van der Waals surface area contributed by atoms with Crippen molar-refractivity contribution in [1.82, 2.24) is 0 Å². The van der Waals surface area contributed by atoms with Crippen LogP contribution in [0, 0.1) is 0 Å². The molecule has 0 radical (unpaired) electrons. The molecule has 0 fully saturated rings. The van der Waals surface area contributed by atoms with Crippen LogP contribution >= 0.6 is 0 Å². The van der Waals surface area contributed by atoms with Crippen molar-refractivity contribution < 1.29 is 0 Å². The quantitative estimate of drug-likeness (QED) is 0.647. The van der Waals surface area contributed by atoms with Crippen LogP contribution in [-0.2, 0) is 0 Å². The summed E-state index contributed by atoms with van der Waals surface area (Å²) in [6, 6.07) is 8.66. The Bertz CT molecular complexity index is 576. The molecule has 0 bridgehead atoms. The monoisotopic (exact) mass is 220 g/mol. The van der Waals surface area contributed by atoms with Crippen LogP contribution in [0.3, 0.4) is 0 Å². The summed E-state index contributed by atoms with van der Waals surface area (Å²) in [6.45, 7) is 4.37. The summed E-state index contributed by atoms with van der Waals surface area (Å²) in [5.41, 5.74) is 7.02. The van der Waals surface area contributed by atoms with Gasteiger partial charge in [-0.2, -0.15) is 0 Å². The van der Waals surface area contributed by atoms with Gasteiger partial charge in [0.05, 0.1) is 0 Å². The van der Waals surface area contributed by atoms with E-state index in [-0.39, 0.29) is 0 Å². The van der Waals surface area contributed by atoms with E-state index in [9.17, 15) is 0 Å². The summed E-state index contributed by atoms with van der Waals surface area (Å²) in [7, 11) is 0. The SMILES string of the molecule is CC(C)=C1C=CC=C1C1C=Cc2ccccc21. The predicted molar refractivity (Wildman–Crippen MR) is 73.8 cm³/mol. The third-order valence-electron chi connectivity index (χ3n) is 3.52. The first kappa shape index (κ1) is 10.3. The van der Waals surface area contributed by atoms with Crippen molar-refractivity contribution in [2.45, 2.75) is 19.8 Å². The molecule has 0 amide bonds. The second-order valence-electron chi connectivity index (χ2n) is 4.86. The number of rotatable bonds is 1. The number of fused-ring (bicyclic) bond motifs is 1. The molecule has 3 rings (SSSR count). The minimum absolute atomic E-state index is 0.436. The third kappa shape index (κ3) is 1.61. The Kier molecular flexibility index (Phi) is 2.36. The zero-order valence-electron chi connectivity index (χ0n) is 10.3. The van der Waals surface area contributed by atoms with Gasteiger partial charge >= 0.3 is 0 Å². The highest BCUT2D eigenvalue weighted by Gasteiger charge is 2.23. The molecule has 0 spiro atoms. The summed E-state index contributed by atoms with van der Waals surface area (Å²) in [5, 5.41) is 0. The van der Waals surface area contributed by atoms with E-state index in [4.69, 9.17) is 0 Å². The van der Waals surface area contributed by atoms with Crippen LogP contribution in [-0.4, -0.2) is 0 Å². The molecule has 2 aliphatic rings. The fourth-order valence-electron chi connectivity index (χ4n) is 2.68. The van der Waals surface area contributed by atoms with Crippen LogP contribution in [0.15, 0.2) is 65.3 Å². The van der Waals surface area contributed by atoms with Crippen LogP contribution in [0.25, 0.3) is 6.08 Å². The smallest absolute Gasteiger partial charge is 0.0284 e. The molecule has 0 saturated heterocycles. The van der Waals surface area contributed by atoms with Gasteiger partial charge in [-0.3, -0.25) is 0 Å². The lowest BCUT2D eigenvalue weighted by atomic mass is 9.88. The number of hydrogen-bond donors (Lipinski definition) is 0. The Hall–Kier alpha value is -1.82. The average Bonchev–Trinajstić information content (AvgIpc) is 2.94. The molecule has 2 aliphatic carbocycles. The Balaban J connectivity index is 2.05. The minimum atomic E-state index is 0.436. The third-order valence-corrected chi connectivity index (χ3v) is 3.52. The lowest BCUT2D eigenvalue weighted by Crippen LogP contribution is -1.99. The highest BCUT2D eigenvalue weighted by molar-refractivity contribution is 5.68. The Morgan fingerprint density at radius 2 is 1.88 bits per heavy atom. The average molecular weight is 220 g/mol. The number of allylic oxidation sites excluding steroid dienone is 7. The maximum absolute atomic E-state index is 2.31. The van der Waals surface area contributed by atoms with E-state index in [1.807, 2.05) is 0 Å². The molecule has 0 heteroatoms. The summed E-state index contributed by atoms with van der Waals surface area (Å²) in [5.74, 6) is 0.436. The van der Waals surface area contributed by atoms with E-state index >= 15 is 0 Å². The van der Waals surface area contributed by atoms with E-state index in [1.165, 1.54) is 27.8 Å². The Morgan fingerprint density at radius 1 is 1.06 bits per heavy atom. The zero-order valence-corrected chi connectivity index (χ0v) is 10.3. The molecule has 0 N–H and O–H groups in total. The maximum atomic E-state index is 2.31. The second kappa shape index (κ2) is 3.89. The first-order valence-electron chi connectivity index (χ1n) is 6.10. The molecule has 84 valence electrons. The van der Waals surface area contributed by atoms with Crippen LogP contribution in [0.5, 0.6) is 0 Å². The van der Waals surface area contributed by atoms with Crippen LogP contribution in [0.4, 0.5) is 0 Å². The molecule has 0 heterocycles. The van der Waals surface area contributed by atoms with E-state index in [0.29, 0.717) is 5.92 Å². The first-order chi connectivity index (χ1) is 8.27.